The summed E-state index contributed by atoms with van der Waals surface area (Å²) in [5.41, 5.74) is 5.30. The Morgan fingerprint density at radius 2 is 1.60 bits per heavy atom. The van der Waals surface area contributed by atoms with Crippen molar-refractivity contribution < 1.29 is 25.0 Å². The van der Waals surface area contributed by atoms with E-state index >= 15 is 0 Å². The molecular formula is C18H36N2O5. The quantitative estimate of drug-likeness (QED) is 0.189. The number of unbranched alkanes of at least 4 members (excludes halogenated alkanes) is 5. The molecule has 25 heavy (non-hydrogen) atoms. The van der Waals surface area contributed by atoms with E-state index in [9.17, 15) is 19.9 Å². The molecule has 0 radical (unpaired) electrons. The maximum atomic E-state index is 11.7. The number of aliphatic hydroxyl groups is 2. The van der Waals surface area contributed by atoms with Gasteiger partial charge in [-0.25, -0.2) is 5.06 Å². The number of aliphatic hydroxyl groups excluding tert-OH is 2. The minimum absolute atomic E-state index is 0.0102. The van der Waals surface area contributed by atoms with E-state index in [4.69, 9.17) is 10.8 Å². The maximum absolute atomic E-state index is 11.7. The van der Waals surface area contributed by atoms with Gasteiger partial charge >= 0.3 is 0 Å². The van der Waals surface area contributed by atoms with Crippen molar-refractivity contribution in [1.82, 2.24) is 5.06 Å². The Morgan fingerprint density at radius 1 is 1.00 bits per heavy atom. The monoisotopic (exact) mass is 360 g/mol. The molecule has 0 spiro atoms. The van der Waals surface area contributed by atoms with Gasteiger partial charge in [0.15, 0.2) is 0 Å². The molecule has 0 aliphatic heterocycles. The molecule has 2 unspecified atom stereocenters. The van der Waals surface area contributed by atoms with E-state index in [0.29, 0.717) is 11.5 Å². The van der Waals surface area contributed by atoms with Crippen molar-refractivity contribution in [3.8, 4) is 0 Å². The number of carbonyl (C=O) groups excluding carboxylic acids is 2. The predicted molar refractivity (Wildman–Crippen MR) is 96.0 cm³/mol. The third kappa shape index (κ3) is 12.9. The molecule has 0 aliphatic rings. The van der Waals surface area contributed by atoms with Crippen LogP contribution < -0.4 is 5.73 Å². The molecule has 148 valence electrons. The molecule has 5 N–H and O–H groups in total. The van der Waals surface area contributed by atoms with Crippen LogP contribution in [-0.2, 0) is 9.59 Å². The number of amides is 1. The molecule has 1 amide bonds. The van der Waals surface area contributed by atoms with Crippen molar-refractivity contribution in [3.05, 3.63) is 0 Å². The standard InChI is InChI=1S/C18H36N2O5/c1-2-3-6-9-15(22)10-7-4-5-8-11-16(23)12-13-20(25)18(24)17(19)14-21/h15,17,21-22,25H,2-14,19H2,1H3. The largest absolute Gasteiger partial charge is 0.394 e. The van der Waals surface area contributed by atoms with Crippen LogP contribution in [0.5, 0.6) is 0 Å². The zero-order valence-corrected chi connectivity index (χ0v) is 15.5. The van der Waals surface area contributed by atoms with Gasteiger partial charge in [-0.1, -0.05) is 45.4 Å². The van der Waals surface area contributed by atoms with Crippen molar-refractivity contribution in [1.29, 1.82) is 0 Å². The highest BCUT2D eigenvalue weighted by atomic mass is 16.5. The Hall–Kier alpha value is -1.02. The van der Waals surface area contributed by atoms with E-state index in [2.05, 4.69) is 6.92 Å². The number of hydrogen-bond acceptors (Lipinski definition) is 6. The van der Waals surface area contributed by atoms with Crippen LogP contribution in [0.3, 0.4) is 0 Å². The molecule has 0 saturated heterocycles. The Bertz CT molecular complexity index is 365. The lowest BCUT2D eigenvalue weighted by atomic mass is 10.0. The minimum Gasteiger partial charge on any atom is -0.394 e. The second kappa shape index (κ2) is 15.3. The summed E-state index contributed by atoms with van der Waals surface area (Å²) in [4.78, 5) is 23.1. The van der Waals surface area contributed by atoms with E-state index in [1.165, 1.54) is 6.42 Å². The molecule has 0 saturated carbocycles. The van der Waals surface area contributed by atoms with Crippen LogP contribution in [0.15, 0.2) is 0 Å². The first-order chi connectivity index (χ1) is 11.9. The van der Waals surface area contributed by atoms with Crippen LogP contribution >= 0.6 is 0 Å². The van der Waals surface area contributed by atoms with Crippen molar-refractivity contribution in [2.75, 3.05) is 13.2 Å². The van der Waals surface area contributed by atoms with Gasteiger partial charge < -0.3 is 15.9 Å². The molecule has 0 bridgehead atoms. The maximum Gasteiger partial charge on any atom is 0.265 e. The van der Waals surface area contributed by atoms with E-state index < -0.39 is 18.6 Å². The van der Waals surface area contributed by atoms with Crippen LogP contribution in [0, 0.1) is 0 Å². The summed E-state index contributed by atoms with van der Waals surface area (Å²) in [6.07, 6.45) is 9.10. The zero-order chi connectivity index (χ0) is 19.1. The number of nitrogens with two attached hydrogens (primary N) is 1. The van der Waals surface area contributed by atoms with E-state index in [-0.39, 0.29) is 24.9 Å². The Kier molecular flexibility index (Phi) is 14.6. The normalized spacial score (nSPS) is 13.5. The van der Waals surface area contributed by atoms with Gasteiger partial charge in [-0.2, -0.15) is 0 Å². The first-order valence-electron chi connectivity index (χ1n) is 9.48. The second-order valence-corrected chi connectivity index (χ2v) is 6.64. The number of rotatable bonds is 16. The van der Waals surface area contributed by atoms with Gasteiger partial charge in [-0.05, 0) is 19.3 Å². The van der Waals surface area contributed by atoms with Crippen molar-refractivity contribution in [2.24, 2.45) is 5.73 Å². The van der Waals surface area contributed by atoms with Crippen molar-refractivity contribution in [2.45, 2.75) is 89.7 Å². The van der Waals surface area contributed by atoms with Crippen LogP contribution in [0.2, 0.25) is 0 Å². The molecule has 2 atom stereocenters. The van der Waals surface area contributed by atoms with Gasteiger partial charge in [0, 0.05) is 12.8 Å². The Morgan fingerprint density at radius 3 is 2.20 bits per heavy atom. The summed E-state index contributed by atoms with van der Waals surface area (Å²) < 4.78 is 0. The van der Waals surface area contributed by atoms with E-state index in [1.807, 2.05) is 0 Å². The molecule has 0 rings (SSSR count). The van der Waals surface area contributed by atoms with E-state index in [0.717, 1.165) is 51.4 Å². The van der Waals surface area contributed by atoms with E-state index in [1.54, 1.807) is 0 Å². The molecule has 7 heteroatoms. The minimum atomic E-state index is -1.16. The average molecular weight is 360 g/mol. The summed E-state index contributed by atoms with van der Waals surface area (Å²) in [7, 11) is 0. The Labute approximate surface area is 151 Å². The predicted octanol–water partition coefficient (Wildman–Crippen LogP) is 1.76. The highest BCUT2D eigenvalue weighted by Crippen LogP contribution is 2.12. The topological polar surface area (TPSA) is 124 Å². The summed E-state index contributed by atoms with van der Waals surface area (Å²) in [6, 6.07) is -1.16. The summed E-state index contributed by atoms with van der Waals surface area (Å²) in [5, 5.41) is 28.4. The molecule has 0 aliphatic carbocycles. The second-order valence-electron chi connectivity index (χ2n) is 6.64. The molecule has 0 aromatic rings. The van der Waals surface area contributed by atoms with Crippen molar-refractivity contribution in [3.63, 3.8) is 0 Å². The number of Topliss-reactive ketones (excluding diaryl/α,β-unsaturated/α-hetero) is 1. The van der Waals surface area contributed by atoms with Crippen LogP contribution in [-0.4, -0.2) is 57.5 Å². The van der Waals surface area contributed by atoms with Crippen LogP contribution in [0.1, 0.15) is 77.6 Å². The first-order valence-corrected chi connectivity index (χ1v) is 9.48. The third-order valence-corrected chi connectivity index (χ3v) is 4.25. The summed E-state index contributed by atoms with van der Waals surface area (Å²) in [5.74, 6) is -0.795. The third-order valence-electron chi connectivity index (χ3n) is 4.25. The van der Waals surface area contributed by atoms with Gasteiger partial charge in [0.1, 0.15) is 11.8 Å². The fourth-order valence-corrected chi connectivity index (χ4v) is 2.57. The first kappa shape index (κ1) is 24.0. The summed E-state index contributed by atoms with van der Waals surface area (Å²) in [6.45, 7) is 1.50. The van der Waals surface area contributed by atoms with Gasteiger partial charge in [0.05, 0.1) is 19.3 Å². The van der Waals surface area contributed by atoms with Gasteiger partial charge in [0.2, 0.25) is 0 Å². The highest BCUT2D eigenvalue weighted by Gasteiger charge is 2.19. The smallest absolute Gasteiger partial charge is 0.265 e. The number of carbonyl (C=O) groups is 2. The molecule has 0 aromatic heterocycles. The van der Waals surface area contributed by atoms with Gasteiger partial charge in [0.25, 0.3) is 5.91 Å². The van der Waals surface area contributed by atoms with Crippen molar-refractivity contribution >= 4 is 11.7 Å². The molecule has 0 heterocycles. The molecule has 0 fully saturated rings. The Balaban J connectivity index is 3.60. The number of hydroxylamine groups is 2. The number of ketones is 1. The molecule has 0 aromatic carbocycles. The number of hydrogen-bond donors (Lipinski definition) is 4. The van der Waals surface area contributed by atoms with Gasteiger partial charge in [-0.3, -0.25) is 14.8 Å². The number of nitrogens with zero attached hydrogens (tertiary/aromatic N) is 1. The lowest BCUT2D eigenvalue weighted by Crippen LogP contribution is -2.44. The van der Waals surface area contributed by atoms with Crippen LogP contribution in [0.4, 0.5) is 0 Å². The zero-order valence-electron chi connectivity index (χ0n) is 15.5. The SMILES string of the molecule is CCCCCC(O)CCCCCCC(=O)CCN(O)C(=O)C(N)CO. The molecule has 7 nitrogen and oxygen atoms in total. The van der Waals surface area contributed by atoms with Crippen LogP contribution in [0.25, 0.3) is 0 Å². The highest BCUT2D eigenvalue weighted by molar-refractivity contribution is 5.82. The molecular weight excluding hydrogens is 324 g/mol. The summed E-state index contributed by atoms with van der Waals surface area (Å²) >= 11 is 0. The van der Waals surface area contributed by atoms with Gasteiger partial charge in [-0.15, -0.1) is 0 Å². The lowest BCUT2D eigenvalue weighted by Gasteiger charge is -2.17. The fourth-order valence-electron chi connectivity index (χ4n) is 2.57. The lowest BCUT2D eigenvalue weighted by molar-refractivity contribution is -0.168. The fraction of sp³-hybridized carbons (Fsp3) is 0.889. The average Bonchev–Trinajstić information content (AvgIpc) is 2.61.